The predicted octanol–water partition coefficient (Wildman–Crippen LogP) is 2.49. The third-order valence-electron chi connectivity index (χ3n) is 5.04. The van der Waals surface area contributed by atoms with Crippen LogP contribution in [0.5, 0.6) is 17.2 Å². The number of rotatable bonds is 4. The third-order valence-corrected chi connectivity index (χ3v) is 5.04. The summed E-state index contributed by atoms with van der Waals surface area (Å²) in [5, 5.41) is 24.6. The van der Waals surface area contributed by atoms with Gasteiger partial charge >= 0.3 is 0 Å². The minimum atomic E-state index is -0.174. The number of methoxy groups -OCH3 is 2. The molecule has 2 aromatic carbocycles. The fourth-order valence-corrected chi connectivity index (χ4v) is 3.77. The molecule has 26 heavy (non-hydrogen) atoms. The molecule has 1 aliphatic heterocycles. The summed E-state index contributed by atoms with van der Waals surface area (Å²) in [5.74, 6) is 0.681. The Morgan fingerprint density at radius 1 is 1.12 bits per heavy atom. The number of nitrogens with one attached hydrogen (secondary N) is 2. The average molecular weight is 354 g/mol. The minimum absolute atomic E-state index is 0.0230. The molecule has 0 spiro atoms. The van der Waals surface area contributed by atoms with Crippen molar-refractivity contribution in [3.05, 3.63) is 53.2 Å². The Morgan fingerprint density at radius 2 is 1.81 bits per heavy atom. The van der Waals surface area contributed by atoms with Gasteiger partial charge in [-0.1, -0.05) is 18.2 Å². The van der Waals surface area contributed by atoms with Crippen LogP contribution in [0.4, 0.5) is 0 Å². The van der Waals surface area contributed by atoms with Gasteiger partial charge in [0.1, 0.15) is 0 Å². The van der Waals surface area contributed by atoms with Crippen LogP contribution in [0, 0.1) is 0 Å². The number of ether oxygens (including phenoxy) is 2. The van der Waals surface area contributed by atoms with Crippen molar-refractivity contribution >= 4 is 10.9 Å². The van der Waals surface area contributed by atoms with E-state index in [1.54, 1.807) is 12.1 Å². The van der Waals surface area contributed by atoms with E-state index in [-0.39, 0.29) is 24.4 Å². The Balaban J connectivity index is 1.90. The molecule has 2 atom stereocenters. The Morgan fingerprint density at radius 3 is 2.46 bits per heavy atom. The van der Waals surface area contributed by atoms with Gasteiger partial charge in [-0.25, -0.2) is 0 Å². The number of aliphatic hydroxyl groups excluding tert-OH is 1. The van der Waals surface area contributed by atoms with Crippen molar-refractivity contribution in [2.24, 2.45) is 0 Å². The van der Waals surface area contributed by atoms with Crippen LogP contribution in [0.15, 0.2) is 36.4 Å². The number of aromatic nitrogens is 1. The van der Waals surface area contributed by atoms with Crippen LogP contribution in [0.2, 0.25) is 0 Å². The lowest BCUT2D eigenvalue weighted by molar-refractivity contribution is 0.228. The molecule has 0 aliphatic carbocycles. The molecular weight excluding hydrogens is 332 g/mol. The van der Waals surface area contributed by atoms with Crippen molar-refractivity contribution in [2.45, 2.75) is 18.5 Å². The van der Waals surface area contributed by atoms with Crippen LogP contribution < -0.4 is 14.8 Å². The van der Waals surface area contributed by atoms with E-state index in [2.05, 4.69) is 22.4 Å². The summed E-state index contributed by atoms with van der Waals surface area (Å²) < 4.78 is 10.6. The summed E-state index contributed by atoms with van der Waals surface area (Å²) in [4.78, 5) is 3.51. The molecule has 0 amide bonds. The van der Waals surface area contributed by atoms with Crippen LogP contribution in [-0.2, 0) is 6.42 Å². The summed E-state index contributed by atoms with van der Waals surface area (Å²) in [6.07, 6.45) is 0.749. The first-order valence-corrected chi connectivity index (χ1v) is 8.57. The van der Waals surface area contributed by atoms with Crippen molar-refractivity contribution in [2.75, 3.05) is 20.8 Å². The second kappa shape index (κ2) is 6.55. The van der Waals surface area contributed by atoms with Crippen molar-refractivity contribution < 1.29 is 19.7 Å². The van der Waals surface area contributed by atoms with Gasteiger partial charge in [0.2, 0.25) is 5.75 Å². The molecule has 0 saturated heterocycles. The fraction of sp³-hybridized carbons (Fsp3) is 0.300. The average Bonchev–Trinajstić information content (AvgIpc) is 3.06. The molecule has 0 fully saturated rings. The molecule has 0 saturated carbocycles. The highest BCUT2D eigenvalue weighted by molar-refractivity contribution is 5.85. The highest BCUT2D eigenvalue weighted by atomic mass is 16.5. The van der Waals surface area contributed by atoms with E-state index >= 15 is 0 Å². The van der Waals surface area contributed by atoms with Crippen molar-refractivity contribution in [1.82, 2.24) is 10.3 Å². The number of aliphatic hydroxyl groups is 1. The quantitative estimate of drug-likeness (QED) is 0.578. The summed E-state index contributed by atoms with van der Waals surface area (Å²) in [5.41, 5.74) is 4.23. The molecule has 6 heteroatoms. The molecule has 0 bridgehead atoms. The number of benzene rings is 2. The van der Waals surface area contributed by atoms with Crippen molar-refractivity contribution in [1.29, 1.82) is 0 Å². The fourth-order valence-electron chi connectivity index (χ4n) is 3.77. The lowest BCUT2D eigenvalue weighted by Crippen LogP contribution is -2.42. The second-order valence-electron chi connectivity index (χ2n) is 6.52. The third kappa shape index (κ3) is 2.58. The number of para-hydroxylation sites is 1. The summed E-state index contributed by atoms with van der Waals surface area (Å²) in [6, 6.07) is 11.5. The number of fused-ring (bicyclic) bond motifs is 3. The van der Waals surface area contributed by atoms with Gasteiger partial charge in [0.25, 0.3) is 0 Å². The van der Waals surface area contributed by atoms with Gasteiger partial charge in [-0.3, -0.25) is 5.32 Å². The standard InChI is InChI=1S/C20H22N2O4/c1-25-16-7-11(8-17(26-2)20(16)24)18-19-14(9-12(10-23)21-18)13-5-3-4-6-15(13)22-19/h3-8,12,18,21-24H,9-10H2,1-2H3/t12-,18-/m0/s1. The van der Waals surface area contributed by atoms with Crippen LogP contribution >= 0.6 is 0 Å². The number of H-pyrrole nitrogens is 1. The van der Waals surface area contributed by atoms with Gasteiger partial charge in [-0.05, 0) is 35.7 Å². The maximum atomic E-state index is 10.2. The van der Waals surface area contributed by atoms with E-state index in [4.69, 9.17) is 9.47 Å². The van der Waals surface area contributed by atoms with E-state index in [0.29, 0.717) is 11.5 Å². The number of phenols is 1. The highest BCUT2D eigenvalue weighted by Gasteiger charge is 2.31. The van der Waals surface area contributed by atoms with Gasteiger partial charge in [-0.15, -0.1) is 0 Å². The van der Waals surface area contributed by atoms with E-state index in [1.165, 1.54) is 25.2 Å². The number of phenolic OH excluding ortho intramolecular Hbond substituents is 1. The first-order chi connectivity index (χ1) is 12.7. The molecule has 0 unspecified atom stereocenters. The van der Waals surface area contributed by atoms with Crippen LogP contribution in [0.3, 0.4) is 0 Å². The molecule has 1 aliphatic rings. The van der Waals surface area contributed by atoms with Crippen LogP contribution in [0.1, 0.15) is 22.9 Å². The molecule has 6 nitrogen and oxygen atoms in total. The number of aromatic hydroxyl groups is 1. The highest BCUT2D eigenvalue weighted by Crippen LogP contribution is 2.42. The van der Waals surface area contributed by atoms with Gasteiger partial charge < -0.3 is 24.7 Å². The van der Waals surface area contributed by atoms with E-state index in [0.717, 1.165) is 23.2 Å². The number of hydrogen-bond acceptors (Lipinski definition) is 5. The first-order valence-electron chi connectivity index (χ1n) is 8.57. The molecule has 3 aromatic rings. The van der Waals surface area contributed by atoms with E-state index < -0.39 is 0 Å². The predicted molar refractivity (Wildman–Crippen MR) is 99.1 cm³/mol. The molecule has 0 radical (unpaired) electrons. The number of hydrogen-bond donors (Lipinski definition) is 4. The Labute approximate surface area is 151 Å². The summed E-state index contributed by atoms with van der Waals surface area (Å²) in [6.45, 7) is 0.0435. The van der Waals surface area contributed by atoms with Gasteiger partial charge in [0.05, 0.1) is 26.9 Å². The van der Waals surface area contributed by atoms with Gasteiger partial charge in [-0.2, -0.15) is 0 Å². The summed E-state index contributed by atoms with van der Waals surface area (Å²) >= 11 is 0. The smallest absolute Gasteiger partial charge is 0.200 e. The zero-order valence-corrected chi connectivity index (χ0v) is 14.7. The molecule has 4 N–H and O–H groups in total. The van der Waals surface area contributed by atoms with Crippen molar-refractivity contribution in [3.8, 4) is 17.2 Å². The molecule has 2 heterocycles. The second-order valence-corrected chi connectivity index (χ2v) is 6.52. The zero-order valence-electron chi connectivity index (χ0n) is 14.7. The molecule has 136 valence electrons. The first kappa shape index (κ1) is 16.8. The Hall–Kier alpha value is -2.70. The van der Waals surface area contributed by atoms with E-state index in [1.807, 2.05) is 12.1 Å². The van der Waals surface area contributed by atoms with E-state index in [9.17, 15) is 10.2 Å². The van der Waals surface area contributed by atoms with Crippen LogP contribution in [-0.4, -0.2) is 42.1 Å². The molecule has 1 aromatic heterocycles. The maximum absolute atomic E-state index is 10.2. The topological polar surface area (TPSA) is 86.7 Å². The normalized spacial score (nSPS) is 19.3. The SMILES string of the molecule is COc1cc([C@@H]2N[C@H](CO)Cc3c2[nH]c2ccccc32)cc(OC)c1O. The minimum Gasteiger partial charge on any atom is -0.502 e. The van der Waals surface area contributed by atoms with Crippen molar-refractivity contribution in [3.63, 3.8) is 0 Å². The monoisotopic (exact) mass is 354 g/mol. The molecule has 4 rings (SSSR count). The maximum Gasteiger partial charge on any atom is 0.200 e. The molecular formula is C20H22N2O4. The largest absolute Gasteiger partial charge is 0.502 e. The number of aromatic amines is 1. The zero-order chi connectivity index (χ0) is 18.3. The van der Waals surface area contributed by atoms with Gasteiger partial charge in [0, 0.05) is 22.6 Å². The summed E-state index contributed by atoms with van der Waals surface area (Å²) in [7, 11) is 3.02. The Bertz CT molecular complexity index is 925. The lowest BCUT2D eigenvalue weighted by atomic mass is 9.90. The lowest BCUT2D eigenvalue weighted by Gasteiger charge is -2.31. The van der Waals surface area contributed by atoms with Gasteiger partial charge in [0.15, 0.2) is 11.5 Å². The van der Waals surface area contributed by atoms with Crippen LogP contribution in [0.25, 0.3) is 10.9 Å². The Kier molecular flexibility index (Phi) is 4.22.